The molecular formula is C16H26N2O2. The second-order valence-electron chi connectivity index (χ2n) is 6.92. The van der Waals surface area contributed by atoms with Crippen molar-refractivity contribution in [3.63, 3.8) is 0 Å². The van der Waals surface area contributed by atoms with E-state index in [0.29, 0.717) is 5.92 Å². The van der Waals surface area contributed by atoms with Crippen LogP contribution in [0.1, 0.15) is 52.4 Å². The van der Waals surface area contributed by atoms with E-state index in [0.717, 1.165) is 38.1 Å². The van der Waals surface area contributed by atoms with Crippen molar-refractivity contribution in [2.45, 2.75) is 64.5 Å². The van der Waals surface area contributed by atoms with E-state index in [2.05, 4.69) is 19.2 Å². The van der Waals surface area contributed by atoms with Crippen molar-refractivity contribution in [1.82, 2.24) is 10.2 Å². The van der Waals surface area contributed by atoms with Crippen LogP contribution in [0.5, 0.6) is 0 Å². The average molecular weight is 278 g/mol. The molecule has 0 aromatic carbocycles. The molecule has 0 aromatic rings. The molecule has 112 valence electrons. The molecule has 0 spiro atoms. The number of amides is 2. The van der Waals surface area contributed by atoms with E-state index in [1.54, 1.807) is 0 Å². The van der Waals surface area contributed by atoms with Gasteiger partial charge in [-0.25, -0.2) is 0 Å². The van der Waals surface area contributed by atoms with Gasteiger partial charge in [-0.3, -0.25) is 9.59 Å². The smallest absolute Gasteiger partial charge is 0.246 e. The normalized spacial score (nSPS) is 32.2. The van der Waals surface area contributed by atoms with Crippen LogP contribution < -0.4 is 5.32 Å². The van der Waals surface area contributed by atoms with Gasteiger partial charge >= 0.3 is 0 Å². The molecule has 0 aromatic heterocycles. The lowest BCUT2D eigenvalue weighted by Gasteiger charge is -2.41. The molecule has 2 amide bonds. The maximum atomic E-state index is 12.8. The van der Waals surface area contributed by atoms with Gasteiger partial charge in [-0.1, -0.05) is 33.1 Å². The van der Waals surface area contributed by atoms with Gasteiger partial charge < -0.3 is 10.2 Å². The van der Waals surface area contributed by atoms with Crippen molar-refractivity contribution in [2.24, 2.45) is 17.8 Å². The molecule has 3 atom stereocenters. The van der Waals surface area contributed by atoms with E-state index in [-0.39, 0.29) is 29.8 Å². The molecule has 20 heavy (non-hydrogen) atoms. The summed E-state index contributed by atoms with van der Waals surface area (Å²) in [5.74, 6) is 1.69. The Labute approximate surface area is 121 Å². The number of piperazine rings is 1. The fourth-order valence-electron chi connectivity index (χ4n) is 3.24. The van der Waals surface area contributed by atoms with Gasteiger partial charge in [-0.2, -0.15) is 0 Å². The van der Waals surface area contributed by atoms with Crippen LogP contribution in [0.3, 0.4) is 0 Å². The van der Waals surface area contributed by atoms with Gasteiger partial charge in [0.15, 0.2) is 0 Å². The zero-order valence-electron chi connectivity index (χ0n) is 12.6. The van der Waals surface area contributed by atoms with Crippen molar-refractivity contribution >= 4 is 11.8 Å². The molecule has 3 aliphatic rings. The highest BCUT2D eigenvalue weighted by Crippen LogP contribution is 2.39. The molecule has 1 heterocycles. The van der Waals surface area contributed by atoms with Crippen LogP contribution in [-0.2, 0) is 9.59 Å². The van der Waals surface area contributed by atoms with Crippen molar-refractivity contribution in [3.8, 4) is 0 Å². The average Bonchev–Trinajstić information content (AvgIpc) is 3.30. The minimum Gasteiger partial charge on any atom is -0.342 e. The SMILES string of the molecule is CCC(C)C1NC(=O)C(C2CC2)N(CCC2CC2)C1=O. The summed E-state index contributed by atoms with van der Waals surface area (Å²) in [7, 11) is 0. The first-order valence-corrected chi connectivity index (χ1v) is 8.22. The Morgan fingerprint density at radius 3 is 2.50 bits per heavy atom. The van der Waals surface area contributed by atoms with Crippen molar-refractivity contribution in [2.75, 3.05) is 6.54 Å². The molecule has 1 N–H and O–H groups in total. The first-order valence-electron chi connectivity index (χ1n) is 8.22. The van der Waals surface area contributed by atoms with E-state index < -0.39 is 0 Å². The van der Waals surface area contributed by atoms with Crippen molar-refractivity contribution < 1.29 is 9.59 Å². The van der Waals surface area contributed by atoms with Gasteiger partial charge in [-0.05, 0) is 37.0 Å². The highest BCUT2D eigenvalue weighted by Gasteiger charge is 2.48. The molecule has 3 fully saturated rings. The Bertz CT molecular complexity index is 401. The topological polar surface area (TPSA) is 49.4 Å². The summed E-state index contributed by atoms with van der Waals surface area (Å²) in [5.41, 5.74) is 0. The number of carbonyl (C=O) groups excluding carboxylic acids is 2. The summed E-state index contributed by atoms with van der Waals surface area (Å²) < 4.78 is 0. The number of nitrogens with zero attached hydrogens (tertiary/aromatic N) is 1. The molecule has 0 bridgehead atoms. The highest BCUT2D eigenvalue weighted by atomic mass is 16.2. The quantitative estimate of drug-likeness (QED) is 0.807. The molecule has 4 heteroatoms. The van der Waals surface area contributed by atoms with Gasteiger partial charge in [0.25, 0.3) is 0 Å². The molecule has 1 aliphatic heterocycles. The van der Waals surface area contributed by atoms with Crippen LogP contribution in [0.25, 0.3) is 0 Å². The van der Waals surface area contributed by atoms with Crippen LogP contribution in [-0.4, -0.2) is 35.3 Å². The summed E-state index contributed by atoms with van der Waals surface area (Å²) in [5, 5.41) is 2.99. The van der Waals surface area contributed by atoms with Crippen molar-refractivity contribution in [3.05, 3.63) is 0 Å². The first kappa shape index (κ1) is 13.9. The monoisotopic (exact) mass is 278 g/mol. The lowest BCUT2D eigenvalue weighted by Crippen LogP contribution is -2.65. The highest BCUT2D eigenvalue weighted by molar-refractivity contribution is 5.97. The number of hydrogen-bond acceptors (Lipinski definition) is 2. The summed E-state index contributed by atoms with van der Waals surface area (Å²) in [6.45, 7) is 4.91. The number of hydrogen-bond donors (Lipinski definition) is 1. The van der Waals surface area contributed by atoms with Crippen molar-refractivity contribution in [1.29, 1.82) is 0 Å². The third kappa shape index (κ3) is 2.70. The minimum atomic E-state index is -0.304. The summed E-state index contributed by atoms with van der Waals surface area (Å²) in [4.78, 5) is 27.1. The van der Waals surface area contributed by atoms with Gasteiger partial charge in [-0.15, -0.1) is 0 Å². The minimum absolute atomic E-state index is 0.0909. The van der Waals surface area contributed by atoms with Gasteiger partial charge in [0.05, 0.1) is 0 Å². The molecule has 3 rings (SSSR count). The standard InChI is InChI=1S/C16H26N2O2/c1-3-10(2)13-16(20)18(9-8-11-4-5-11)14(12-6-7-12)15(19)17-13/h10-14H,3-9H2,1-2H3,(H,17,19). The van der Waals surface area contributed by atoms with Crippen LogP contribution in [0.2, 0.25) is 0 Å². The Balaban J connectivity index is 1.74. The fourth-order valence-corrected chi connectivity index (χ4v) is 3.24. The van der Waals surface area contributed by atoms with Gasteiger partial charge in [0.1, 0.15) is 12.1 Å². The van der Waals surface area contributed by atoms with Crippen LogP contribution in [0.15, 0.2) is 0 Å². The number of rotatable bonds is 6. The largest absolute Gasteiger partial charge is 0.342 e. The Morgan fingerprint density at radius 1 is 1.25 bits per heavy atom. The molecule has 2 saturated carbocycles. The molecule has 0 radical (unpaired) electrons. The van der Waals surface area contributed by atoms with E-state index >= 15 is 0 Å². The lowest BCUT2D eigenvalue weighted by molar-refractivity contribution is -0.151. The van der Waals surface area contributed by atoms with E-state index in [1.165, 1.54) is 12.8 Å². The second-order valence-corrected chi connectivity index (χ2v) is 6.92. The molecule has 4 nitrogen and oxygen atoms in total. The predicted molar refractivity (Wildman–Crippen MR) is 77.0 cm³/mol. The summed E-state index contributed by atoms with van der Waals surface area (Å²) in [6, 6.07) is -0.483. The third-order valence-electron chi connectivity index (χ3n) is 5.21. The summed E-state index contributed by atoms with van der Waals surface area (Å²) >= 11 is 0. The van der Waals surface area contributed by atoms with Gasteiger partial charge in [0, 0.05) is 6.54 Å². The van der Waals surface area contributed by atoms with E-state index in [4.69, 9.17) is 0 Å². The van der Waals surface area contributed by atoms with Gasteiger partial charge in [0.2, 0.25) is 11.8 Å². The Hall–Kier alpha value is -1.06. The van der Waals surface area contributed by atoms with E-state index in [9.17, 15) is 9.59 Å². The molecule has 1 saturated heterocycles. The fraction of sp³-hybridized carbons (Fsp3) is 0.875. The zero-order valence-corrected chi connectivity index (χ0v) is 12.6. The zero-order chi connectivity index (χ0) is 14.3. The maximum Gasteiger partial charge on any atom is 0.246 e. The van der Waals surface area contributed by atoms with Crippen LogP contribution >= 0.6 is 0 Å². The lowest BCUT2D eigenvalue weighted by atomic mass is 9.93. The van der Waals surface area contributed by atoms with Crippen LogP contribution in [0.4, 0.5) is 0 Å². The number of nitrogens with one attached hydrogen (secondary N) is 1. The molecule has 3 unspecified atom stereocenters. The maximum absolute atomic E-state index is 12.8. The Kier molecular flexibility index (Phi) is 3.74. The molecule has 2 aliphatic carbocycles. The second kappa shape index (κ2) is 5.38. The Morgan fingerprint density at radius 2 is 1.95 bits per heavy atom. The number of carbonyl (C=O) groups is 2. The third-order valence-corrected chi connectivity index (χ3v) is 5.21. The van der Waals surface area contributed by atoms with E-state index in [1.807, 2.05) is 4.90 Å². The first-order chi connectivity index (χ1) is 9.61. The summed E-state index contributed by atoms with van der Waals surface area (Å²) in [6.07, 6.45) is 6.80. The molecular weight excluding hydrogens is 252 g/mol. The predicted octanol–water partition coefficient (Wildman–Crippen LogP) is 1.94. The van der Waals surface area contributed by atoms with Crippen LogP contribution in [0, 0.1) is 17.8 Å².